The van der Waals surface area contributed by atoms with E-state index in [0.29, 0.717) is 5.82 Å². The molecule has 0 spiro atoms. The second kappa shape index (κ2) is 2.40. The molecule has 1 heterocycles. The predicted molar refractivity (Wildman–Crippen MR) is 46.1 cm³/mol. The van der Waals surface area contributed by atoms with E-state index in [0.717, 1.165) is 12.8 Å². The average Bonchev–Trinajstić information content (AvgIpc) is 2.80. The van der Waals surface area contributed by atoms with Crippen molar-refractivity contribution >= 4 is 0 Å². The zero-order valence-corrected chi connectivity index (χ0v) is 7.65. The van der Waals surface area contributed by atoms with Crippen LogP contribution in [0.25, 0.3) is 0 Å². The van der Waals surface area contributed by atoms with E-state index in [9.17, 15) is 9.18 Å². The van der Waals surface area contributed by atoms with Crippen molar-refractivity contribution in [3.8, 4) is 0 Å². The van der Waals surface area contributed by atoms with E-state index < -0.39 is 11.4 Å². The van der Waals surface area contributed by atoms with E-state index in [1.807, 2.05) is 6.92 Å². The maximum atomic E-state index is 12.9. The van der Waals surface area contributed by atoms with E-state index in [-0.39, 0.29) is 11.1 Å². The Morgan fingerprint density at radius 2 is 2.15 bits per heavy atom. The molecule has 13 heavy (non-hydrogen) atoms. The number of nitrogens with zero attached hydrogens (tertiary/aromatic N) is 1. The highest BCUT2D eigenvalue weighted by Crippen LogP contribution is 2.45. The predicted octanol–water partition coefficient (Wildman–Crippen LogP) is 1.27. The van der Waals surface area contributed by atoms with Gasteiger partial charge in [0, 0.05) is 5.41 Å². The van der Waals surface area contributed by atoms with Gasteiger partial charge in [-0.3, -0.25) is 4.79 Å². The number of nitrogens with one attached hydrogen (secondary N) is 1. The second-order valence-corrected chi connectivity index (χ2v) is 3.87. The number of halogens is 1. The molecule has 0 aliphatic heterocycles. The van der Waals surface area contributed by atoms with Crippen molar-refractivity contribution < 1.29 is 4.39 Å². The third-order valence-electron chi connectivity index (χ3n) is 2.60. The van der Waals surface area contributed by atoms with E-state index in [1.165, 1.54) is 6.92 Å². The van der Waals surface area contributed by atoms with Crippen molar-refractivity contribution in [2.45, 2.75) is 32.1 Å². The smallest absolute Gasteiger partial charge is 0.287 e. The molecule has 1 saturated carbocycles. The Labute approximate surface area is 75.0 Å². The summed E-state index contributed by atoms with van der Waals surface area (Å²) in [5.41, 5.74) is -0.486. The van der Waals surface area contributed by atoms with Crippen LogP contribution in [0.4, 0.5) is 4.39 Å². The van der Waals surface area contributed by atoms with Gasteiger partial charge in [-0.15, -0.1) is 0 Å². The molecule has 1 aliphatic carbocycles. The van der Waals surface area contributed by atoms with E-state index in [2.05, 4.69) is 9.97 Å². The molecule has 1 fully saturated rings. The Morgan fingerprint density at radius 3 is 2.62 bits per heavy atom. The Balaban J connectivity index is 2.56. The van der Waals surface area contributed by atoms with Crippen LogP contribution in [0.2, 0.25) is 0 Å². The van der Waals surface area contributed by atoms with Gasteiger partial charge in [-0.25, -0.2) is 4.98 Å². The molecule has 0 unspecified atom stereocenters. The van der Waals surface area contributed by atoms with Gasteiger partial charge < -0.3 is 4.98 Å². The summed E-state index contributed by atoms with van der Waals surface area (Å²) in [4.78, 5) is 17.6. The fourth-order valence-corrected chi connectivity index (χ4v) is 1.28. The first kappa shape index (κ1) is 8.41. The minimum absolute atomic E-state index is 0.0163. The molecule has 0 saturated heterocycles. The molecule has 3 nitrogen and oxygen atoms in total. The number of aromatic amines is 1. The molecule has 1 aromatic rings. The van der Waals surface area contributed by atoms with Crippen molar-refractivity contribution in [1.29, 1.82) is 0 Å². The molecule has 0 aromatic carbocycles. The van der Waals surface area contributed by atoms with E-state index in [1.54, 1.807) is 0 Å². The van der Waals surface area contributed by atoms with Crippen molar-refractivity contribution in [1.82, 2.24) is 9.97 Å². The largest absolute Gasteiger partial charge is 0.308 e. The molecule has 0 amide bonds. The highest BCUT2D eigenvalue weighted by atomic mass is 19.1. The van der Waals surface area contributed by atoms with Gasteiger partial charge in [-0.1, -0.05) is 6.92 Å². The quantitative estimate of drug-likeness (QED) is 0.710. The number of hydrogen-bond acceptors (Lipinski definition) is 2. The lowest BCUT2D eigenvalue weighted by atomic mass is 10.1. The molecule has 1 N–H and O–H groups in total. The zero-order valence-electron chi connectivity index (χ0n) is 7.65. The van der Waals surface area contributed by atoms with Crippen LogP contribution >= 0.6 is 0 Å². The summed E-state index contributed by atoms with van der Waals surface area (Å²) in [7, 11) is 0. The molecular weight excluding hydrogens is 171 g/mol. The van der Waals surface area contributed by atoms with Crippen LogP contribution in [-0.2, 0) is 5.41 Å². The number of hydrogen-bond donors (Lipinski definition) is 1. The van der Waals surface area contributed by atoms with E-state index >= 15 is 0 Å². The van der Waals surface area contributed by atoms with Gasteiger partial charge in [-0.2, -0.15) is 4.39 Å². The van der Waals surface area contributed by atoms with Gasteiger partial charge in [0.2, 0.25) is 5.82 Å². The summed E-state index contributed by atoms with van der Waals surface area (Å²) in [6, 6.07) is 0. The topological polar surface area (TPSA) is 45.8 Å². The molecular formula is C9H11FN2O. The van der Waals surface area contributed by atoms with Crippen molar-refractivity contribution in [2.24, 2.45) is 0 Å². The fourth-order valence-electron chi connectivity index (χ4n) is 1.28. The first-order valence-electron chi connectivity index (χ1n) is 4.30. The first-order valence-corrected chi connectivity index (χ1v) is 4.30. The highest BCUT2D eigenvalue weighted by Gasteiger charge is 2.41. The van der Waals surface area contributed by atoms with Crippen LogP contribution in [0.3, 0.4) is 0 Å². The number of aromatic nitrogens is 2. The van der Waals surface area contributed by atoms with Crippen LogP contribution in [0, 0.1) is 12.7 Å². The Hall–Kier alpha value is -1.19. The Bertz CT molecular complexity index is 407. The minimum Gasteiger partial charge on any atom is -0.308 e. The normalized spacial score (nSPS) is 18.7. The number of H-pyrrole nitrogens is 1. The Kier molecular flexibility index (Phi) is 1.55. The molecule has 4 heteroatoms. The summed E-state index contributed by atoms with van der Waals surface area (Å²) in [6.45, 7) is 3.53. The third kappa shape index (κ3) is 1.26. The minimum atomic E-state index is -0.770. The molecule has 0 bridgehead atoms. The number of aryl methyl sites for hydroxylation is 1. The van der Waals surface area contributed by atoms with Crippen LogP contribution in [0.5, 0.6) is 0 Å². The molecule has 70 valence electrons. The summed E-state index contributed by atoms with van der Waals surface area (Å²) in [6.07, 6.45) is 2.03. The molecule has 0 atom stereocenters. The molecule has 0 radical (unpaired) electrons. The van der Waals surface area contributed by atoms with E-state index in [4.69, 9.17) is 0 Å². The maximum absolute atomic E-state index is 12.9. The number of rotatable bonds is 1. The first-order chi connectivity index (χ1) is 6.03. The monoisotopic (exact) mass is 182 g/mol. The van der Waals surface area contributed by atoms with Crippen LogP contribution in [0.15, 0.2) is 4.79 Å². The van der Waals surface area contributed by atoms with Crippen LogP contribution in [-0.4, -0.2) is 9.97 Å². The van der Waals surface area contributed by atoms with Gasteiger partial charge >= 0.3 is 0 Å². The summed E-state index contributed by atoms with van der Waals surface area (Å²) in [5.74, 6) is -0.149. The highest BCUT2D eigenvalue weighted by molar-refractivity contribution is 5.17. The standard InChI is InChI=1S/C9H11FN2O/c1-5-6(10)7(13)12-8(11-5)9(2)3-4-9/h3-4H2,1-2H3,(H,11,12,13). The van der Waals surface area contributed by atoms with Crippen LogP contribution < -0.4 is 5.56 Å². The molecule has 1 aromatic heterocycles. The van der Waals surface area contributed by atoms with Crippen LogP contribution in [0.1, 0.15) is 31.3 Å². The SMILES string of the molecule is Cc1nc(C2(C)CC2)[nH]c(=O)c1F. The lowest BCUT2D eigenvalue weighted by Gasteiger charge is -2.07. The lowest BCUT2D eigenvalue weighted by Crippen LogP contribution is -2.21. The fraction of sp³-hybridized carbons (Fsp3) is 0.556. The van der Waals surface area contributed by atoms with Crippen molar-refractivity contribution in [2.75, 3.05) is 0 Å². The van der Waals surface area contributed by atoms with Crippen molar-refractivity contribution in [3.63, 3.8) is 0 Å². The molecule has 2 rings (SSSR count). The third-order valence-corrected chi connectivity index (χ3v) is 2.60. The maximum Gasteiger partial charge on any atom is 0.287 e. The van der Waals surface area contributed by atoms with Crippen molar-refractivity contribution in [3.05, 3.63) is 27.7 Å². The lowest BCUT2D eigenvalue weighted by molar-refractivity contribution is 0.570. The summed E-state index contributed by atoms with van der Waals surface area (Å²) in [5, 5.41) is 0. The molecule has 1 aliphatic rings. The van der Waals surface area contributed by atoms with Gasteiger partial charge in [0.25, 0.3) is 5.56 Å². The van der Waals surface area contributed by atoms with Gasteiger partial charge in [0.15, 0.2) is 0 Å². The zero-order chi connectivity index (χ0) is 9.64. The van der Waals surface area contributed by atoms with Gasteiger partial charge in [0.1, 0.15) is 5.82 Å². The van der Waals surface area contributed by atoms with Gasteiger partial charge in [0.05, 0.1) is 5.69 Å². The second-order valence-electron chi connectivity index (χ2n) is 3.87. The summed E-state index contributed by atoms with van der Waals surface area (Å²) >= 11 is 0. The summed E-state index contributed by atoms with van der Waals surface area (Å²) < 4.78 is 12.9. The van der Waals surface area contributed by atoms with Gasteiger partial charge in [-0.05, 0) is 19.8 Å². The average molecular weight is 182 g/mol. The Morgan fingerprint density at radius 1 is 1.54 bits per heavy atom.